The fourth-order valence-corrected chi connectivity index (χ4v) is 2.48. The van der Waals surface area contributed by atoms with E-state index in [9.17, 15) is 0 Å². The van der Waals surface area contributed by atoms with E-state index in [1.807, 2.05) is 6.20 Å². The summed E-state index contributed by atoms with van der Waals surface area (Å²) in [5.41, 5.74) is 1.17. The summed E-state index contributed by atoms with van der Waals surface area (Å²) in [6.45, 7) is 2.14. The number of nitrogens with one attached hydrogen (secondary N) is 1. The molecule has 1 aromatic rings. The summed E-state index contributed by atoms with van der Waals surface area (Å²) in [5, 5.41) is 11.7. The Hall–Kier alpha value is -1.03. The third-order valence-corrected chi connectivity index (χ3v) is 3.78. The SMILES string of the molecule is c1nnc(C2CCCNC2)nc1C1CCC1. The Morgan fingerprint density at radius 2 is 2.00 bits per heavy atom. The number of hydrogen-bond acceptors (Lipinski definition) is 4. The molecule has 3 rings (SSSR count). The molecule has 1 atom stereocenters. The van der Waals surface area contributed by atoms with Gasteiger partial charge in [0.05, 0.1) is 11.9 Å². The number of rotatable bonds is 2. The highest BCUT2D eigenvalue weighted by molar-refractivity contribution is 5.09. The molecule has 0 aromatic carbocycles. The second-order valence-corrected chi connectivity index (χ2v) is 4.91. The van der Waals surface area contributed by atoms with Crippen molar-refractivity contribution in [3.8, 4) is 0 Å². The maximum atomic E-state index is 4.70. The van der Waals surface area contributed by atoms with Crippen LogP contribution in [0, 0.1) is 0 Å². The van der Waals surface area contributed by atoms with E-state index in [-0.39, 0.29) is 0 Å². The van der Waals surface area contributed by atoms with Crippen LogP contribution in [0.25, 0.3) is 0 Å². The molecule has 0 radical (unpaired) electrons. The molecule has 2 fully saturated rings. The van der Waals surface area contributed by atoms with Crippen molar-refractivity contribution < 1.29 is 0 Å². The summed E-state index contributed by atoms with van der Waals surface area (Å²) in [5.74, 6) is 2.09. The van der Waals surface area contributed by atoms with Crippen LogP contribution in [0.2, 0.25) is 0 Å². The van der Waals surface area contributed by atoms with Crippen LogP contribution in [-0.4, -0.2) is 28.3 Å². The van der Waals surface area contributed by atoms with Crippen LogP contribution in [0.5, 0.6) is 0 Å². The summed E-state index contributed by atoms with van der Waals surface area (Å²) in [7, 11) is 0. The Morgan fingerprint density at radius 1 is 1.12 bits per heavy atom. The molecule has 2 aliphatic rings. The molecule has 0 spiro atoms. The fraction of sp³-hybridized carbons (Fsp3) is 0.750. The van der Waals surface area contributed by atoms with Crippen LogP contribution in [-0.2, 0) is 0 Å². The van der Waals surface area contributed by atoms with Crippen molar-refractivity contribution >= 4 is 0 Å². The molecule has 1 aromatic heterocycles. The van der Waals surface area contributed by atoms with Crippen molar-refractivity contribution in [3.63, 3.8) is 0 Å². The van der Waals surface area contributed by atoms with Crippen molar-refractivity contribution in [2.24, 2.45) is 0 Å². The monoisotopic (exact) mass is 218 g/mol. The quantitative estimate of drug-likeness (QED) is 0.819. The average molecular weight is 218 g/mol. The Kier molecular flexibility index (Phi) is 2.82. The first-order valence-corrected chi connectivity index (χ1v) is 6.34. The molecule has 1 saturated carbocycles. The smallest absolute Gasteiger partial charge is 0.155 e. The zero-order valence-corrected chi connectivity index (χ0v) is 9.52. The number of piperidine rings is 1. The van der Waals surface area contributed by atoms with Crippen molar-refractivity contribution in [2.45, 2.75) is 43.9 Å². The topological polar surface area (TPSA) is 50.7 Å². The van der Waals surface area contributed by atoms with E-state index in [1.54, 1.807) is 0 Å². The van der Waals surface area contributed by atoms with Gasteiger partial charge in [0.1, 0.15) is 0 Å². The van der Waals surface area contributed by atoms with E-state index in [4.69, 9.17) is 4.98 Å². The normalized spacial score (nSPS) is 26.4. The lowest BCUT2D eigenvalue weighted by atomic mass is 9.83. The Labute approximate surface area is 95.9 Å². The first kappa shape index (κ1) is 10.1. The van der Waals surface area contributed by atoms with Gasteiger partial charge in [-0.1, -0.05) is 6.42 Å². The fourth-order valence-electron chi connectivity index (χ4n) is 2.48. The minimum absolute atomic E-state index is 0.473. The summed E-state index contributed by atoms with van der Waals surface area (Å²) >= 11 is 0. The van der Waals surface area contributed by atoms with Gasteiger partial charge < -0.3 is 5.32 Å². The summed E-state index contributed by atoms with van der Waals surface area (Å²) in [6, 6.07) is 0. The van der Waals surface area contributed by atoms with Gasteiger partial charge in [-0.3, -0.25) is 0 Å². The minimum Gasteiger partial charge on any atom is -0.316 e. The van der Waals surface area contributed by atoms with E-state index in [1.165, 1.54) is 37.8 Å². The van der Waals surface area contributed by atoms with Crippen LogP contribution in [0.15, 0.2) is 6.20 Å². The molecule has 4 nitrogen and oxygen atoms in total. The molecule has 1 N–H and O–H groups in total. The molecule has 1 unspecified atom stereocenters. The molecule has 1 saturated heterocycles. The van der Waals surface area contributed by atoms with Gasteiger partial charge in [-0.15, -0.1) is 5.10 Å². The summed E-state index contributed by atoms with van der Waals surface area (Å²) in [6.07, 6.45) is 8.17. The Morgan fingerprint density at radius 3 is 2.69 bits per heavy atom. The molecule has 16 heavy (non-hydrogen) atoms. The molecule has 1 aliphatic heterocycles. The lowest BCUT2D eigenvalue weighted by Gasteiger charge is -2.26. The number of aromatic nitrogens is 3. The molecule has 1 aliphatic carbocycles. The standard InChI is InChI=1S/C12H18N4/c1-3-9(4-1)11-8-14-16-12(15-11)10-5-2-6-13-7-10/h8-10,13H,1-7H2. The zero-order chi connectivity index (χ0) is 10.8. The van der Waals surface area contributed by atoms with Gasteiger partial charge in [0.2, 0.25) is 0 Å². The number of nitrogens with zero attached hydrogens (tertiary/aromatic N) is 3. The van der Waals surface area contributed by atoms with Crippen LogP contribution < -0.4 is 5.32 Å². The molecule has 0 amide bonds. The summed E-state index contributed by atoms with van der Waals surface area (Å²) < 4.78 is 0. The first-order valence-electron chi connectivity index (χ1n) is 6.34. The molecular weight excluding hydrogens is 200 g/mol. The largest absolute Gasteiger partial charge is 0.316 e. The molecule has 0 bridgehead atoms. The minimum atomic E-state index is 0.473. The predicted molar refractivity (Wildman–Crippen MR) is 61.3 cm³/mol. The van der Waals surface area contributed by atoms with E-state index >= 15 is 0 Å². The van der Waals surface area contributed by atoms with Crippen molar-refractivity contribution in [2.75, 3.05) is 13.1 Å². The second kappa shape index (κ2) is 4.45. The summed E-state index contributed by atoms with van der Waals surface area (Å²) in [4.78, 5) is 4.70. The van der Waals surface area contributed by atoms with E-state index < -0.39 is 0 Å². The highest BCUT2D eigenvalue weighted by atomic mass is 15.2. The predicted octanol–water partition coefficient (Wildman–Crippen LogP) is 1.61. The van der Waals surface area contributed by atoms with Gasteiger partial charge >= 0.3 is 0 Å². The second-order valence-electron chi connectivity index (χ2n) is 4.91. The molecule has 2 heterocycles. The van der Waals surface area contributed by atoms with Crippen LogP contribution in [0.4, 0.5) is 0 Å². The van der Waals surface area contributed by atoms with Gasteiger partial charge in [0, 0.05) is 18.4 Å². The van der Waals surface area contributed by atoms with Crippen LogP contribution in [0.1, 0.15) is 55.5 Å². The van der Waals surface area contributed by atoms with Crippen molar-refractivity contribution in [3.05, 3.63) is 17.7 Å². The number of hydrogen-bond donors (Lipinski definition) is 1. The van der Waals surface area contributed by atoms with Gasteiger partial charge in [0.15, 0.2) is 5.82 Å². The van der Waals surface area contributed by atoms with Crippen molar-refractivity contribution in [1.29, 1.82) is 0 Å². The molecule has 4 heteroatoms. The van der Waals surface area contributed by atoms with Crippen molar-refractivity contribution in [1.82, 2.24) is 20.5 Å². The van der Waals surface area contributed by atoms with E-state index in [0.717, 1.165) is 18.9 Å². The maximum absolute atomic E-state index is 4.70. The molecule has 86 valence electrons. The Bertz CT molecular complexity index is 356. The van der Waals surface area contributed by atoms with Crippen LogP contribution in [0.3, 0.4) is 0 Å². The van der Waals surface area contributed by atoms with E-state index in [0.29, 0.717) is 11.8 Å². The average Bonchev–Trinajstić information content (AvgIpc) is 2.28. The molecular formula is C12H18N4. The highest BCUT2D eigenvalue weighted by Gasteiger charge is 2.24. The van der Waals surface area contributed by atoms with Gasteiger partial charge in [-0.2, -0.15) is 5.10 Å². The Balaban J connectivity index is 1.77. The first-order chi connectivity index (χ1) is 7.93. The third-order valence-electron chi connectivity index (χ3n) is 3.78. The van der Waals surface area contributed by atoms with E-state index in [2.05, 4.69) is 15.5 Å². The lowest BCUT2D eigenvalue weighted by Crippen LogP contribution is -2.30. The van der Waals surface area contributed by atoms with Gasteiger partial charge in [-0.05, 0) is 32.2 Å². The van der Waals surface area contributed by atoms with Gasteiger partial charge in [-0.25, -0.2) is 4.98 Å². The van der Waals surface area contributed by atoms with Gasteiger partial charge in [0.25, 0.3) is 0 Å². The van der Waals surface area contributed by atoms with Crippen LogP contribution >= 0.6 is 0 Å². The maximum Gasteiger partial charge on any atom is 0.155 e. The highest BCUT2D eigenvalue weighted by Crippen LogP contribution is 2.35. The third kappa shape index (κ3) is 1.94. The zero-order valence-electron chi connectivity index (χ0n) is 9.52. The lowest BCUT2D eigenvalue weighted by molar-refractivity contribution is 0.399.